The highest BCUT2D eigenvalue weighted by molar-refractivity contribution is 5.74. The zero-order chi connectivity index (χ0) is 11.7. The lowest BCUT2D eigenvalue weighted by atomic mass is 10.6. The van der Waals surface area contributed by atoms with Crippen LogP contribution in [0.3, 0.4) is 0 Å². The number of aliphatic carboxylic acids is 1. The highest BCUT2D eigenvalue weighted by atomic mass is 16.7. The van der Waals surface area contributed by atoms with Crippen LogP contribution in [0.5, 0.6) is 0 Å². The van der Waals surface area contributed by atoms with Crippen molar-refractivity contribution in [2.75, 3.05) is 19.7 Å². The number of carboxylic acids is 1. The molecule has 0 aliphatic heterocycles. The molecule has 0 aliphatic rings. The van der Waals surface area contributed by atoms with E-state index < -0.39 is 24.6 Å². The first-order valence-electron chi connectivity index (χ1n) is 3.93. The molecule has 6 N–H and O–H groups in total. The Kier molecular flexibility index (Phi) is 6.38. The molecule has 4 amide bonds. The maximum absolute atomic E-state index is 10.8. The zero-order valence-electron chi connectivity index (χ0n) is 7.78. The number of nitrogens with one attached hydrogen (secondary N) is 3. The Hall–Kier alpha value is -2.03. The van der Waals surface area contributed by atoms with E-state index in [2.05, 4.69) is 15.5 Å². The summed E-state index contributed by atoms with van der Waals surface area (Å²) < 4.78 is 0. The molecule has 86 valence electrons. The molecule has 9 nitrogen and oxygen atoms in total. The Morgan fingerprint density at radius 1 is 1.20 bits per heavy atom. The van der Waals surface area contributed by atoms with Gasteiger partial charge in [0, 0.05) is 13.1 Å². The molecule has 15 heavy (non-hydrogen) atoms. The van der Waals surface area contributed by atoms with Gasteiger partial charge < -0.3 is 21.5 Å². The second kappa shape index (κ2) is 7.38. The van der Waals surface area contributed by atoms with Crippen LogP contribution < -0.4 is 21.8 Å². The Morgan fingerprint density at radius 3 is 2.33 bits per heavy atom. The van der Waals surface area contributed by atoms with Crippen LogP contribution in [0.2, 0.25) is 0 Å². The SMILES string of the molecule is NC(=O)NCCNC(=O)NOCC(=O)O. The van der Waals surface area contributed by atoms with Gasteiger partial charge in [-0.05, 0) is 0 Å². The van der Waals surface area contributed by atoms with Gasteiger partial charge in [-0.1, -0.05) is 0 Å². The number of primary amides is 1. The Labute approximate surface area is 84.9 Å². The fourth-order valence-corrected chi connectivity index (χ4v) is 0.561. The number of urea groups is 2. The lowest BCUT2D eigenvalue weighted by Crippen LogP contribution is -2.41. The van der Waals surface area contributed by atoms with Crippen molar-refractivity contribution in [3.05, 3.63) is 0 Å². The van der Waals surface area contributed by atoms with Crippen molar-refractivity contribution in [3.63, 3.8) is 0 Å². The molecule has 0 aliphatic carbocycles. The van der Waals surface area contributed by atoms with Gasteiger partial charge in [0.15, 0.2) is 6.61 Å². The van der Waals surface area contributed by atoms with Gasteiger partial charge in [-0.3, -0.25) is 4.84 Å². The highest BCUT2D eigenvalue weighted by Crippen LogP contribution is 1.70. The Bertz CT molecular complexity index is 244. The van der Waals surface area contributed by atoms with Crippen LogP contribution in [0.25, 0.3) is 0 Å². The van der Waals surface area contributed by atoms with Crippen molar-refractivity contribution in [1.29, 1.82) is 0 Å². The summed E-state index contributed by atoms with van der Waals surface area (Å²) in [5.41, 5.74) is 6.58. The molecule has 0 saturated carbocycles. The van der Waals surface area contributed by atoms with Gasteiger partial charge in [0.25, 0.3) is 0 Å². The average molecular weight is 220 g/mol. The van der Waals surface area contributed by atoms with Crippen molar-refractivity contribution >= 4 is 18.0 Å². The molecule has 0 unspecified atom stereocenters. The lowest BCUT2D eigenvalue weighted by molar-refractivity contribution is -0.144. The molecule has 0 aromatic rings. The van der Waals surface area contributed by atoms with Gasteiger partial charge >= 0.3 is 18.0 Å². The normalized spacial score (nSPS) is 9.07. The molecule has 0 radical (unpaired) electrons. The van der Waals surface area contributed by atoms with Gasteiger partial charge in [0.2, 0.25) is 0 Å². The van der Waals surface area contributed by atoms with Crippen molar-refractivity contribution in [1.82, 2.24) is 16.1 Å². The fraction of sp³-hybridized carbons (Fsp3) is 0.500. The van der Waals surface area contributed by atoms with Crippen molar-refractivity contribution < 1.29 is 24.3 Å². The number of rotatable bonds is 6. The molecule has 0 aromatic carbocycles. The molecular formula is C6H12N4O5. The van der Waals surface area contributed by atoms with E-state index in [1.54, 1.807) is 0 Å². The quantitative estimate of drug-likeness (QED) is 0.259. The molecule has 9 heteroatoms. The second-order valence-electron chi connectivity index (χ2n) is 2.33. The number of carbonyl (C=O) groups excluding carboxylic acids is 2. The summed E-state index contributed by atoms with van der Waals surface area (Å²) >= 11 is 0. The predicted molar refractivity (Wildman–Crippen MR) is 47.7 cm³/mol. The number of hydrogen-bond acceptors (Lipinski definition) is 4. The topological polar surface area (TPSA) is 143 Å². The summed E-state index contributed by atoms with van der Waals surface area (Å²) in [6.07, 6.45) is 0. The summed E-state index contributed by atoms with van der Waals surface area (Å²) in [6.45, 7) is -0.320. The number of hydrogen-bond donors (Lipinski definition) is 5. The first-order valence-corrected chi connectivity index (χ1v) is 3.93. The van der Waals surface area contributed by atoms with E-state index in [4.69, 9.17) is 10.8 Å². The van der Waals surface area contributed by atoms with Gasteiger partial charge in [-0.25, -0.2) is 19.9 Å². The van der Waals surface area contributed by atoms with Crippen LogP contribution >= 0.6 is 0 Å². The largest absolute Gasteiger partial charge is 0.479 e. The van der Waals surface area contributed by atoms with Gasteiger partial charge in [-0.15, -0.1) is 0 Å². The predicted octanol–water partition coefficient (Wildman–Crippen LogP) is -2.03. The van der Waals surface area contributed by atoms with Crippen LogP contribution in [0.1, 0.15) is 0 Å². The van der Waals surface area contributed by atoms with E-state index in [0.29, 0.717) is 0 Å². The third kappa shape index (κ3) is 9.89. The molecule has 0 bridgehead atoms. The third-order valence-electron chi connectivity index (χ3n) is 1.07. The van der Waals surface area contributed by atoms with Crippen molar-refractivity contribution in [2.24, 2.45) is 5.73 Å². The van der Waals surface area contributed by atoms with Crippen LogP contribution in [0, 0.1) is 0 Å². The maximum atomic E-state index is 10.8. The minimum absolute atomic E-state index is 0.144. The maximum Gasteiger partial charge on any atom is 0.338 e. The number of carboxylic acid groups (broad SMARTS) is 1. The lowest BCUT2D eigenvalue weighted by Gasteiger charge is -2.06. The van der Waals surface area contributed by atoms with Crippen molar-refractivity contribution in [3.8, 4) is 0 Å². The van der Waals surface area contributed by atoms with Gasteiger partial charge in [0.05, 0.1) is 0 Å². The third-order valence-corrected chi connectivity index (χ3v) is 1.07. The molecule has 0 aromatic heterocycles. The fourth-order valence-electron chi connectivity index (χ4n) is 0.561. The van der Waals surface area contributed by atoms with E-state index in [1.165, 1.54) is 0 Å². The minimum atomic E-state index is -1.20. The van der Waals surface area contributed by atoms with Crippen molar-refractivity contribution in [2.45, 2.75) is 0 Å². The van der Waals surface area contributed by atoms with E-state index in [-0.39, 0.29) is 13.1 Å². The molecule has 0 rings (SSSR count). The van der Waals surface area contributed by atoms with E-state index in [1.807, 2.05) is 5.48 Å². The van der Waals surface area contributed by atoms with E-state index >= 15 is 0 Å². The molecule has 0 fully saturated rings. The molecule has 0 atom stereocenters. The van der Waals surface area contributed by atoms with Gasteiger partial charge in [-0.2, -0.15) is 0 Å². The Morgan fingerprint density at radius 2 is 1.80 bits per heavy atom. The first kappa shape index (κ1) is 13.0. The number of nitrogens with two attached hydrogens (primary N) is 1. The minimum Gasteiger partial charge on any atom is -0.479 e. The van der Waals surface area contributed by atoms with Crippen LogP contribution in [0.15, 0.2) is 0 Å². The molecule has 0 spiro atoms. The summed E-state index contributed by atoms with van der Waals surface area (Å²) in [5.74, 6) is -1.20. The first-order chi connectivity index (χ1) is 7.02. The van der Waals surface area contributed by atoms with Crippen LogP contribution in [0.4, 0.5) is 9.59 Å². The monoisotopic (exact) mass is 220 g/mol. The zero-order valence-corrected chi connectivity index (χ0v) is 7.78. The summed E-state index contributed by atoms with van der Waals surface area (Å²) in [7, 11) is 0. The van der Waals surface area contributed by atoms with Crippen LogP contribution in [-0.2, 0) is 9.63 Å². The Balaban J connectivity index is 3.33. The number of hydroxylamine groups is 1. The van der Waals surface area contributed by atoms with Gasteiger partial charge in [0.1, 0.15) is 0 Å². The van der Waals surface area contributed by atoms with Crippen LogP contribution in [-0.4, -0.2) is 42.8 Å². The summed E-state index contributed by atoms with van der Waals surface area (Å²) in [6, 6.07) is -1.40. The summed E-state index contributed by atoms with van der Waals surface area (Å²) in [5, 5.41) is 12.7. The standard InChI is InChI=1S/C6H12N4O5/c7-5(13)8-1-2-9-6(14)10-15-3-4(11)12/h1-3H2,(H,11,12)(H3,7,8,13)(H2,9,10,14). The van der Waals surface area contributed by atoms with E-state index in [9.17, 15) is 14.4 Å². The smallest absolute Gasteiger partial charge is 0.338 e. The second-order valence-corrected chi connectivity index (χ2v) is 2.33. The number of carbonyl (C=O) groups is 3. The number of amides is 4. The average Bonchev–Trinajstić information content (AvgIpc) is 2.11. The highest BCUT2D eigenvalue weighted by Gasteiger charge is 2.01. The molecule has 0 saturated heterocycles. The molecular weight excluding hydrogens is 208 g/mol. The van der Waals surface area contributed by atoms with E-state index in [0.717, 1.165) is 0 Å². The molecule has 0 heterocycles. The summed E-state index contributed by atoms with van der Waals surface area (Å²) in [4.78, 5) is 35.2.